The summed E-state index contributed by atoms with van der Waals surface area (Å²) in [6, 6.07) is 0. The van der Waals surface area contributed by atoms with Gasteiger partial charge in [-0.05, 0) is 70.6 Å². The molecule has 4 unspecified atom stereocenters. The van der Waals surface area contributed by atoms with Crippen LogP contribution in [0.5, 0.6) is 0 Å². The van der Waals surface area contributed by atoms with Crippen molar-refractivity contribution in [2.75, 3.05) is 26.4 Å². The van der Waals surface area contributed by atoms with Gasteiger partial charge in [-0.25, -0.2) is 0 Å². The van der Waals surface area contributed by atoms with Crippen molar-refractivity contribution >= 4 is 11.9 Å². The fourth-order valence-electron chi connectivity index (χ4n) is 8.89. The first-order valence-electron chi connectivity index (χ1n) is 28.6. The molecule has 11 atom stereocenters. The van der Waals surface area contributed by atoms with E-state index >= 15 is 0 Å². The van der Waals surface area contributed by atoms with Gasteiger partial charge >= 0.3 is 11.9 Å². The number of carbonyl (C=O) groups is 2. The van der Waals surface area contributed by atoms with E-state index < -0.39 is 92.7 Å². The third kappa shape index (κ3) is 30.9. The van der Waals surface area contributed by atoms with Gasteiger partial charge in [0, 0.05) is 12.8 Å². The summed E-state index contributed by atoms with van der Waals surface area (Å²) in [5, 5.41) is 72.2. The Balaban J connectivity index is 1.76. The number of esters is 2. The van der Waals surface area contributed by atoms with E-state index in [2.05, 4.69) is 50.3 Å². The van der Waals surface area contributed by atoms with Crippen LogP contribution in [0, 0.1) is 0 Å². The Morgan fingerprint density at radius 2 is 0.833 bits per heavy atom. The minimum absolute atomic E-state index is 0.162. The van der Waals surface area contributed by atoms with Crippen LogP contribution in [0.25, 0.3) is 0 Å². The van der Waals surface area contributed by atoms with E-state index in [-0.39, 0.29) is 26.1 Å². The van der Waals surface area contributed by atoms with Crippen LogP contribution >= 0.6 is 0 Å². The van der Waals surface area contributed by atoms with E-state index in [0.29, 0.717) is 12.8 Å². The lowest BCUT2D eigenvalue weighted by Gasteiger charge is -2.42. The first kappa shape index (κ1) is 65.8. The standard InChI is InChI=1S/C57H102O15/c1-3-5-7-9-11-13-15-17-19-20-21-22-23-24-26-28-30-32-34-36-38-40-49(60)70-45(42-67-48(59)39-37-35-33-31-29-27-25-18-16-14-12-10-8-6-4-2)43-68-56-55(66)53(64)51(62)47(72-56)44-69-57-54(65)52(63)50(61)46(41-58)71-57/h12,14,17-19,25,45-47,50-58,61-66H,3-11,13,15-16,20-24,26-44H2,1-2H3/b14-12+,19-17+,25-18+/t45-,46+,47+,50-,51-,52?,53?,54?,55?,56+,57+/m1/s1. The molecule has 0 aliphatic carbocycles. The summed E-state index contributed by atoms with van der Waals surface area (Å²) in [6.45, 7) is 2.57. The highest BCUT2D eigenvalue weighted by atomic mass is 16.7. The Kier molecular flexibility index (Phi) is 40.1. The number of hydrogen-bond acceptors (Lipinski definition) is 15. The van der Waals surface area contributed by atoms with E-state index in [1.807, 2.05) is 0 Å². The minimum atomic E-state index is -1.77. The molecule has 0 aromatic carbocycles. The van der Waals surface area contributed by atoms with Crippen molar-refractivity contribution in [3.63, 3.8) is 0 Å². The van der Waals surface area contributed by atoms with Gasteiger partial charge in [-0.1, -0.05) is 172 Å². The number of aliphatic hydroxyl groups is 7. The Morgan fingerprint density at radius 1 is 0.444 bits per heavy atom. The predicted molar refractivity (Wildman–Crippen MR) is 280 cm³/mol. The number of rotatable bonds is 45. The van der Waals surface area contributed by atoms with E-state index in [0.717, 1.165) is 64.2 Å². The molecule has 0 spiro atoms. The van der Waals surface area contributed by atoms with Crippen LogP contribution in [0.3, 0.4) is 0 Å². The summed E-state index contributed by atoms with van der Waals surface area (Å²) in [5.41, 5.74) is 0. The monoisotopic (exact) mass is 1030 g/mol. The zero-order valence-corrected chi connectivity index (χ0v) is 44.7. The van der Waals surface area contributed by atoms with Crippen LogP contribution in [-0.4, -0.2) is 142 Å². The van der Waals surface area contributed by atoms with Crippen LogP contribution < -0.4 is 0 Å². The molecule has 72 heavy (non-hydrogen) atoms. The van der Waals surface area contributed by atoms with Crippen molar-refractivity contribution < 1.29 is 73.8 Å². The average molecular weight is 1030 g/mol. The molecule has 0 radical (unpaired) electrons. The van der Waals surface area contributed by atoms with Gasteiger partial charge in [0.25, 0.3) is 0 Å². The van der Waals surface area contributed by atoms with Gasteiger partial charge in [0.15, 0.2) is 18.7 Å². The first-order valence-corrected chi connectivity index (χ1v) is 28.6. The van der Waals surface area contributed by atoms with Crippen LogP contribution in [0.4, 0.5) is 0 Å². The van der Waals surface area contributed by atoms with Gasteiger partial charge in [0.1, 0.15) is 55.4 Å². The molecule has 15 heteroatoms. The lowest BCUT2D eigenvalue weighted by atomic mass is 9.98. The molecule has 2 aliphatic heterocycles. The second-order valence-corrected chi connectivity index (χ2v) is 20.1. The molecule has 15 nitrogen and oxygen atoms in total. The van der Waals surface area contributed by atoms with E-state index in [1.54, 1.807) is 0 Å². The van der Waals surface area contributed by atoms with Crippen LogP contribution in [-0.2, 0) is 38.0 Å². The van der Waals surface area contributed by atoms with E-state index in [4.69, 9.17) is 28.4 Å². The third-order valence-corrected chi connectivity index (χ3v) is 13.6. The number of allylic oxidation sites excluding steroid dienone is 6. The summed E-state index contributed by atoms with van der Waals surface area (Å²) in [6.07, 6.45) is 31.6. The largest absolute Gasteiger partial charge is 0.462 e. The van der Waals surface area contributed by atoms with Crippen molar-refractivity contribution in [3.05, 3.63) is 36.5 Å². The lowest BCUT2D eigenvalue weighted by molar-refractivity contribution is -0.332. The summed E-state index contributed by atoms with van der Waals surface area (Å²) in [4.78, 5) is 25.9. The molecule has 0 saturated carbocycles. The highest BCUT2D eigenvalue weighted by Crippen LogP contribution is 2.27. The first-order chi connectivity index (χ1) is 35.0. The van der Waals surface area contributed by atoms with Crippen molar-refractivity contribution in [3.8, 4) is 0 Å². The molecule has 2 aliphatic rings. The number of carbonyl (C=O) groups excluding carboxylic acids is 2. The van der Waals surface area contributed by atoms with Crippen LogP contribution in [0.2, 0.25) is 0 Å². The molecule has 0 aromatic rings. The van der Waals surface area contributed by atoms with Gasteiger partial charge in [-0.3, -0.25) is 9.59 Å². The SMILES string of the molecule is CCCCC/C=C/C/C=C/CCCCCCCC(=O)OC[C@H](CO[C@H]1O[C@@H](CO[C@H]2O[C@@H](CO)[C@@H](O)C(O)C2O)[C@@H](O)C(O)C1O)OC(=O)CCCCCCCCCCCCC/C=C/CCCCCCCC. The quantitative estimate of drug-likeness (QED) is 0.0171. The lowest BCUT2D eigenvalue weighted by Crippen LogP contribution is -2.61. The Hall–Kier alpha value is -2.28. The van der Waals surface area contributed by atoms with Crippen molar-refractivity contribution in [1.82, 2.24) is 0 Å². The molecule has 0 amide bonds. The fourth-order valence-corrected chi connectivity index (χ4v) is 8.89. The minimum Gasteiger partial charge on any atom is -0.462 e. The number of ether oxygens (including phenoxy) is 6. The van der Waals surface area contributed by atoms with Gasteiger partial charge in [0.05, 0.1) is 19.8 Å². The Bertz CT molecular complexity index is 1390. The maximum absolute atomic E-state index is 13.1. The third-order valence-electron chi connectivity index (χ3n) is 13.6. The Morgan fingerprint density at radius 3 is 1.33 bits per heavy atom. The molecule has 7 N–H and O–H groups in total. The molecule has 0 aromatic heterocycles. The number of aliphatic hydroxyl groups excluding tert-OH is 7. The molecule has 420 valence electrons. The maximum Gasteiger partial charge on any atom is 0.306 e. The van der Waals surface area contributed by atoms with Crippen molar-refractivity contribution in [1.29, 1.82) is 0 Å². The normalized spacial score (nSPS) is 25.2. The van der Waals surface area contributed by atoms with E-state index in [9.17, 15) is 45.3 Å². The van der Waals surface area contributed by atoms with Gasteiger partial charge in [0.2, 0.25) is 0 Å². The Labute approximate surface area is 434 Å². The van der Waals surface area contributed by atoms with Gasteiger partial charge in [-0.2, -0.15) is 0 Å². The van der Waals surface area contributed by atoms with Crippen LogP contribution in [0.15, 0.2) is 36.5 Å². The molecular formula is C57H102O15. The zero-order chi connectivity index (χ0) is 52.4. The molecule has 2 fully saturated rings. The predicted octanol–water partition coefficient (Wildman–Crippen LogP) is 9.27. The number of unbranched alkanes of at least 4 members (excludes halogenated alkanes) is 25. The second-order valence-electron chi connectivity index (χ2n) is 20.1. The topological polar surface area (TPSA) is 231 Å². The summed E-state index contributed by atoms with van der Waals surface area (Å²) >= 11 is 0. The fraction of sp³-hybridized carbons (Fsp3) is 0.860. The highest BCUT2D eigenvalue weighted by Gasteiger charge is 2.47. The molecular weight excluding hydrogens is 925 g/mol. The highest BCUT2D eigenvalue weighted by molar-refractivity contribution is 5.70. The molecule has 2 saturated heterocycles. The summed E-state index contributed by atoms with van der Waals surface area (Å²) in [5.74, 6) is -0.936. The average Bonchev–Trinajstić information content (AvgIpc) is 3.37. The molecule has 0 bridgehead atoms. The van der Waals surface area contributed by atoms with Gasteiger partial charge in [-0.15, -0.1) is 0 Å². The van der Waals surface area contributed by atoms with Crippen molar-refractivity contribution in [2.24, 2.45) is 0 Å². The summed E-state index contributed by atoms with van der Waals surface area (Å²) in [7, 11) is 0. The molecule has 2 rings (SSSR count). The van der Waals surface area contributed by atoms with Gasteiger partial charge < -0.3 is 64.2 Å². The zero-order valence-electron chi connectivity index (χ0n) is 44.7. The maximum atomic E-state index is 13.1. The van der Waals surface area contributed by atoms with Crippen LogP contribution in [0.1, 0.15) is 219 Å². The number of hydrogen-bond donors (Lipinski definition) is 7. The molecule has 2 heterocycles. The van der Waals surface area contributed by atoms with E-state index in [1.165, 1.54) is 116 Å². The smallest absolute Gasteiger partial charge is 0.306 e. The van der Waals surface area contributed by atoms with Crippen molar-refractivity contribution in [2.45, 2.75) is 287 Å². The second kappa shape index (κ2) is 43.9. The summed E-state index contributed by atoms with van der Waals surface area (Å²) < 4.78 is 33.7.